The van der Waals surface area contributed by atoms with E-state index in [0.29, 0.717) is 25.0 Å². The van der Waals surface area contributed by atoms with Crippen molar-refractivity contribution in [3.63, 3.8) is 0 Å². The highest BCUT2D eigenvalue weighted by Gasteiger charge is 2.29. The van der Waals surface area contributed by atoms with Crippen LogP contribution in [0.15, 0.2) is 96.0 Å². The third kappa shape index (κ3) is 4.18. The lowest BCUT2D eigenvalue weighted by Crippen LogP contribution is -2.34. The lowest BCUT2D eigenvalue weighted by Gasteiger charge is -2.26. The average molecular weight is 524 g/mol. The molecule has 192 valence electrons. The molecule has 0 saturated carbocycles. The van der Waals surface area contributed by atoms with Crippen molar-refractivity contribution in [2.75, 3.05) is 20.2 Å². The van der Waals surface area contributed by atoms with Crippen LogP contribution in [0.25, 0.3) is 27.4 Å². The van der Waals surface area contributed by atoms with Crippen LogP contribution < -0.4 is 4.74 Å². The van der Waals surface area contributed by atoms with Crippen molar-refractivity contribution in [1.29, 1.82) is 0 Å². The largest absolute Gasteiger partial charge is 0.497 e. The molecule has 5 aromatic rings. The third-order valence-electron chi connectivity index (χ3n) is 7.41. The molecule has 0 unspecified atom stereocenters. The van der Waals surface area contributed by atoms with Crippen LogP contribution in [-0.2, 0) is 16.6 Å². The Morgan fingerprint density at radius 2 is 1.79 bits per heavy atom. The van der Waals surface area contributed by atoms with Crippen molar-refractivity contribution in [2.24, 2.45) is 0 Å². The van der Waals surface area contributed by atoms with E-state index in [1.807, 2.05) is 30.3 Å². The molecule has 1 aliphatic rings. The maximum atomic E-state index is 13.6. The van der Waals surface area contributed by atoms with E-state index in [0.717, 1.165) is 17.7 Å². The van der Waals surface area contributed by atoms with Gasteiger partial charge in [-0.3, -0.25) is 4.98 Å². The number of benzene rings is 3. The van der Waals surface area contributed by atoms with E-state index in [2.05, 4.69) is 58.9 Å². The standard InChI is InChI=1S/C31H29N3O3S/c1-22-30(27-12-3-4-13-28(27)34(22)21-23-8-5-11-26(20-23)37-2)24-15-18-33(19-16-24)38(35,36)29-14-6-9-25-10-7-17-32-31(25)29/h3-15,17,20H,16,18-19,21H2,1-2H3. The van der Waals surface area contributed by atoms with Gasteiger partial charge in [0.05, 0.1) is 12.6 Å². The third-order valence-corrected chi connectivity index (χ3v) is 9.31. The number of methoxy groups -OCH3 is 1. The summed E-state index contributed by atoms with van der Waals surface area (Å²) in [4.78, 5) is 4.63. The van der Waals surface area contributed by atoms with Crippen LogP contribution in [-0.4, -0.2) is 42.5 Å². The Bertz CT molecular complexity index is 1800. The minimum Gasteiger partial charge on any atom is -0.497 e. The summed E-state index contributed by atoms with van der Waals surface area (Å²) < 4.78 is 36.6. The molecule has 0 fully saturated rings. The number of hydrogen-bond acceptors (Lipinski definition) is 4. The first-order valence-electron chi connectivity index (χ1n) is 12.7. The quantitative estimate of drug-likeness (QED) is 0.273. The fourth-order valence-electron chi connectivity index (χ4n) is 5.51. The molecule has 3 aromatic carbocycles. The summed E-state index contributed by atoms with van der Waals surface area (Å²) in [6, 6.07) is 25.6. The second kappa shape index (κ2) is 9.74. The first-order chi connectivity index (χ1) is 18.5. The zero-order chi connectivity index (χ0) is 26.3. The fourth-order valence-corrected chi connectivity index (χ4v) is 7.06. The van der Waals surface area contributed by atoms with Crippen LogP contribution in [0.4, 0.5) is 0 Å². The van der Waals surface area contributed by atoms with E-state index >= 15 is 0 Å². The fraction of sp³-hybridized carbons (Fsp3) is 0.194. The second-order valence-electron chi connectivity index (χ2n) is 9.59. The van der Waals surface area contributed by atoms with E-state index in [4.69, 9.17) is 4.74 Å². The molecule has 6 rings (SSSR count). The molecule has 6 nitrogen and oxygen atoms in total. The molecule has 0 atom stereocenters. The van der Waals surface area contributed by atoms with Gasteiger partial charge in [0.25, 0.3) is 0 Å². The minimum absolute atomic E-state index is 0.263. The van der Waals surface area contributed by atoms with E-state index in [9.17, 15) is 8.42 Å². The highest BCUT2D eigenvalue weighted by atomic mass is 32.2. The lowest BCUT2D eigenvalue weighted by atomic mass is 9.97. The Kier molecular flexibility index (Phi) is 6.26. The molecule has 0 radical (unpaired) electrons. The zero-order valence-corrected chi connectivity index (χ0v) is 22.3. The van der Waals surface area contributed by atoms with Crippen LogP contribution in [0, 0.1) is 6.92 Å². The summed E-state index contributed by atoms with van der Waals surface area (Å²) in [5, 5.41) is 2.01. The van der Waals surface area contributed by atoms with Gasteiger partial charge < -0.3 is 9.30 Å². The Balaban J connectivity index is 1.35. The molecular formula is C31H29N3O3S. The highest BCUT2D eigenvalue weighted by molar-refractivity contribution is 7.89. The van der Waals surface area contributed by atoms with Gasteiger partial charge >= 0.3 is 0 Å². The number of aromatic nitrogens is 2. The average Bonchev–Trinajstić information content (AvgIpc) is 3.23. The van der Waals surface area contributed by atoms with Gasteiger partial charge in [0.2, 0.25) is 10.0 Å². The predicted octanol–water partition coefficient (Wildman–Crippen LogP) is 6.03. The SMILES string of the molecule is COc1cccc(Cn2c(C)c(C3=CCN(S(=O)(=O)c4cccc5cccnc45)CC3)c3ccccc32)c1. The summed E-state index contributed by atoms with van der Waals surface area (Å²) >= 11 is 0. The first kappa shape index (κ1) is 24.4. The molecule has 2 aromatic heterocycles. The van der Waals surface area contributed by atoms with E-state index in [-0.39, 0.29) is 4.90 Å². The van der Waals surface area contributed by atoms with Crippen molar-refractivity contribution < 1.29 is 13.2 Å². The summed E-state index contributed by atoms with van der Waals surface area (Å²) in [5.74, 6) is 0.842. The molecule has 0 saturated heterocycles. The van der Waals surface area contributed by atoms with E-state index in [1.165, 1.54) is 33.3 Å². The van der Waals surface area contributed by atoms with Crippen molar-refractivity contribution in [3.05, 3.63) is 108 Å². The number of sulfonamides is 1. The van der Waals surface area contributed by atoms with Crippen molar-refractivity contribution in [2.45, 2.75) is 24.8 Å². The summed E-state index contributed by atoms with van der Waals surface area (Å²) in [7, 11) is -2.00. The van der Waals surface area contributed by atoms with Crippen molar-refractivity contribution in [1.82, 2.24) is 13.9 Å². The maximum Gasteiger partial charge on any atom is 0.245 e. The number of nitrogens with zero attached hydrogens (tertiary/aromatic N) is 3. The number of rotatable bonds is 6. The number of hydrogen-bond donors (Lipinski definition) is 0. The Morgan fingerprint density at radius 1 is 0.974 bits per heavy atom. The molecule has 38 heavy (non-hydrogen) atoms. The predicted molar refractivity (Wildman–Crippen MR) is 152 cm³/mol. The van der Waals surface area contributed by atoms with Crippen LogP contribution in [0.5, 0.6) is 5.75 Å². The molecule has 0 amide bonds. The van der Waals surface area contributed by atoms with Crippen LogP contribution >= 0.6 is 0 Å². The number of ether oxygens (including phenoxy) is 1. The van der Waals surface area contributed by atoms with E-state index in [1.54, 1.807) is 29.7 Å². The molecule has 3 heterocycles. The molecule has 7 heteroatoms. The lowest BCUT2D eigenvalue weighted by molar-refractivity contribution is 0.414. The van der Waals surface area contributed by atoms with Crippen LogP contribution in [0.2, 0.25) is 0 Å². The van der Waals surface area contributed by atoms with Gasteiger partial charge in [-0.15, -0.1) is 0 Å². The molecule has 0 N–H and O–H groups in total. The Labute approximate surface area is 222 Å². The van der Waals surface area contributed by atoms with Crippen LogP contribution in [0.3, 0.4) is 0 Å². The molecule has 1 aliphatic heterocycles. The van der Waals surface area contributed by atoms with Crippen molar-refractivity contribution in [3.8, 4) is 5.75 Å². The second-order valence-corrected chi connectivity index (χ2v) is 11.5. The van der Waals surface area contributed by atoms with Crippen LogP contribution in [0.1, 0.15) is 23.2 Å². The van der Waals surface area contributed by atoms with Gasteiger partial charge in [-0.05, 0) is 54.8 Å². The maximum absolute atomic E-state index is 13.6. The highest BCUT2D eigenvalue weighted by Crippen LogP contribution is 2.36. The molecule has 0 bridgehead atoms. The van der Waals surface area contributed by atoms with Gasteiger partial charge in [-0.25, -0.2) is 8.42 Å². The van der Waals surface area contributed by atoms with E-state index < -0.39 is 10.0 Å². The first-order valence-corrected chi connectivity index (χ1v) is 14.2. The normalized spacial score (nSPS) is 14.6. The summed E-state index contributed by atoms with van der Waals surface area (Å²) in [6.07, 6.45) is 4.36. The van der Waals surface area contributed by atoms with Crippen molar-refractivity contribution >= 4 is 37.4 Å². The summed E-state index contributed by atoms with van der Waals surface area (Å²) in [5.41, 5.74) is 6.41. The smallest absolute Gasteiger partial charge is 0.245 e. The van der Waals surface area contributed by atoms with Gasteiger partial charge in [0.15, 0.2) is 0 Å². The van der Waals surface area contributed by atoms with Gasteiger partial charge in [0, 0.05) is 53.4 Å². The zero-order valence-electron chi connectivity index (χ0n) is 21.5. The van der Waals surface area contributed by atoms with Gasteiger partial charge in [0.1, 0.15) is 10.6 Å². The Morgan fingerprint density at radius 3 is 2.61 bits per heavy atom. The number of pyridine rings is 1. The number of fused-ring (bicyclic) bond motifs is 2. The summed E-state index contributed by atoms with van der Waals surface area (Å²) in [6.45, 7) is 3.63. The topological polar surface area (TPSA) is 64.4 Å². The Hall–Kier alpha value is -3.94. The van der Waals surface area contributed by atoms with Gasteiger partial charge in [-0.2, -0.15) is 4.31 Å². The minimum atomic E-state index is -3.68. The molecule has 0 aliphatic carbocycles. The molecule has 0 spiro atoms. The monoisotopic (exact) mass is 523 g/mol. The van der Waals surface area contributed by atoms with Gasteiger partial charge in [-0.1, -0.05) is 54.6 Å². The number of para-hydroxylation sites is 2. The molecular weight excluding hydrogens is 494 g/mol.